The first-order valence-corrected chi connectivity index (χ1v) is 13.4. The number of hydrogen-bond donors (Lipinski definition) is 2. The second-order valence-corrected chi connectivity index (χ2v) is 10.5. The topological polar surface area (TPSA) is 94.1 Å². The average molecular weight is 484 g/mol. The fourth-order valence-electron chi connectivity index (χ4n) is 4.36. The maximum absolute atomic E-state index is 12.7. The highest BCUT2D eigenvalue weighted by molar-refractivity contribution is 7.90. The van der Waals surface area contributed by atoms with Crippen LogP contribution in [-0.2, 0) is 14.8 Å². The van der Waals surface area contributed by atoms with Crippen molar-refractivity contribution < 1.29 is 13.2 Å². The van der Waals surface area contributed by atoms with E-state index in [1.807, 2.05) is 6.07 Å². The number of aryl methyl sites for hydroxylation is 1. The van der Waals surface area contributed by atoms with Crippen LogP contribution in [0.15, 0.2) is 58.4 Å². The summed E-state index contributed by atoms with van der Waals surface area (Å²) in [6.45, 7) is 6.47. The third kappa shape index (κ3) is 6.36. The molecular weight excluding hydrogens is 450 g/mol. The molecule has 2 heterocycles. The van der Waals surface area contributed by atoms with Gasteiger partial charge >= 0.3 is 0 Å². The van der Waals surface area contributed by atoms with Crippen LogP contribution < -0.4 is 14.9 Å². The summed E-state index contributed by atoms with van der Waals surface area (Å²) in [5, 5.41) is 2.88. The molecule has 2 aliphatic heterocycles. The van der Waals surface area contributed by atoms with Crippen molar-refractivity contribution in [2.24, 2.45) is 4.99 Å². The van der Waals surface area contributed by atoms with Gasteiger partial charge < -0.3 is 10.2 Å². The number of nitrogens with one attached hydrogen (secondary N) is 2. The third-order valence-corrected chi connectivity index (χ3v) is 7.67. The first-order valence-electron chi connectivity index (χ1n) is 11.9. The number of amides is 1. The van der Waals surface area contributed by atoms with Crippen LogP contribution in [0.25, 0.3) is 0 Å². The highest BCUT2D eigenvalue weighted by Gasteiger charge is 2.21. The molecule has 2 N–H and O–H groups in total. The summed E-state index contributed by atoms with van der Waals surface area (Å²) in [6, 6.07) is 14.6. The molecule has 182 valence electrons. The normalized spacial score (nSPS) is 17.6. The lowest BCUT2D eigenvalue weighted by atomic mass is 10.1. The molecule has 2 aliphatic rings. The zero-order valence-corrected chi connectivity index (χ0v) is 20.5. The summed E-state index contributed by atoms with van der Waals surface area (Å²) in [5.41, 5.74) is 3.09. The van der Waals surface area contributed by atoms with E-state index in [9.17, 15) is 13.2 Å². The molecule has 1 saturated heterocycles. The molecule has 0 atom stereocenters. The van der Waals surface area contributed by atoms with Gasteiger partial charge in [-0.3, -0.25) is 19.4 Å². The number of benzene rings is 2. The molecule has 0 bridgehead atoms. The molecule has 34 heavy (non-hydrogen) atoms. The molecule has 0 aliphatic carbocycles. The van der Waals surface area contributed by atoms with Crippen molar-refractivity contribution in [2.75, 3.05) is 49.5 Å². The van der Waals surface area contributed by atoms with Crippen molar-refractivity contribution in [3.63, 3.8) is 0 Å². The standard InChI is InChI=1S/C25H33N5O3S/c1-20-7-4-5-8-23(20)30-17-15-29(16-18-30)19-25(31)27-21-10-12-22(13-11-21)34(32,33)28-24-9-3-2-6-14-26-24/h4-5,7-8,10-13H,2-3,6,9,14-19H2,1H3,(H,26,28)(H,27,31). The lowest BCUT2D eigenvalue weighted by molar-refractivity contribution is -0.117. The number of nitrogens with zero attached hydrogens (tertiary/aromatic N) is 3. The molecule has 0 unspecified atom stereocenters. The van der Waals surface area contributed by atoms with E-state index in [0.29, 0.717) is 31.0 Å². The van der Waals surface area contributed by atoms with Gasteiger partial charge in [0.15, 0.2) is 0 Å². The van der Waals surface area contributed by atoms with Gasteiger partial charge in [-0.1, -0.05) is 24.6 Å². The van der Waals surface area contributed by atoms with E-state index in [1.54, 1.807) is 12.1 Å². The van der Waals surface area contributed by atoms with Gasteiger partial charge in [0.25, 0.3) is 10.0 Å². The Balaban J connectivity index is 1.27. The van der Waals surface area contributed by atoms with Gasteiger partial charge in [0.05, 0.1) is 11.4 Å². The third-order valence-electron chi connectivity index (χ3n) is 6.27. The van der Waals surface area contributed by atoms with Crippen LogP contribution in [-0.4, -0.2) is 64.3 Å². The highest BCUT2D eigenvalue weighted by atomic mass is 32.2. The Morgan fingerprint density at radius 1 is 0.971 bits per heavy atom. The number of carbonyl (C=O) groups excluding carboxylic acids is 1. The smallest absolute Gasteiger partial charge is 0.262 e. The van der Waals surface area contributed by atoms with Gasteiger partial charge in [-0.15, -0.1) is 0 Å². The van der Waals surface area contributed by atoms with Crippen LogP contribution >= 0.6 is 0 Å². The van der Waals surface area contributed by atoms with Crippen molar-refractivity contribution in [1.29, 1.82) is 0 Å². The molecule has 8 nitrogen and oxygen atoms in total. The molecule has 0 spiro atoms. The molecule has 1 fully saturated rings. The molecule has 2 aromatic rings. The number of amidine groups is 1. The molecular formula is C25H33N5O3S. The minimum absolute atomic E-state index is 0.106. The number of sulfonamides is 1. The van der Waals surface area contributed by atoms with E-state index in [-0.39, 0.29) is 10.8 Å². The van der Waals surface area contributed by atoms with Crippen molar-refractivity contribution in [3.8, 4) is 0 Å². The second kappa shape index (κ2) is 11.0. The fraction of sp³-hybridized carbons (Fsp3) is 0.440. The number of aliphatic imine (C=N–C) groups is 1. The lowest BCUT2D eigenvalue weighted by Gasteiger charge is -2.36. The SMILES string of the molecule is Cc1ccccc1N1CCN(CC(=O)Nc2ccc(S(=O)(=O)NC3=NCCCCC3)cc2)CC1. The Morgan fingerprint density at radius 2 is 1.71 bits per heavy atom. The number of anilines is 2. The van der Waals surface area contributed by atoms with E-state index in [4.69, 9.17) is 0 Å². The van der Waals surface area contributed by atoms with Crippen molar-refractivity contribution in [3.05, 3.63) is 54.1 Å². The van der Waals surface area contributed by atoms with Crippen LogP contribution in [0.5, 0.6) is 0 Å². The van der Waals surface area contributed by atoms with Crippen LogP contribution in [0.2, 0.25) is 0 Å². The van der Waals surface area contributed by atoms with Crippen molar-refractivity contribution in [2.45, 2.75) is 37.5 Å². The lowest BCUT2D eigenvalue weighted by Crippen LogP contribution is -2.48. The Morgan fingerprint density at radius 3 is 2.44 bits per heavy atom. The van der Waals surface area contributed by atoms with Crippen molar-refractivity contribution >= 4 is 33.1 Å². The summed E-state index contributed by atoms with van der Waals surface area (Å²) in [5.74, 6) is 0.420. The number of hydrogen-bond acceptors (Lipinski definition) is 6. The number of piperazine rings is 1. The Hall–Kier alpha value is -2.91. The minimum atomic E-state index is -3.68. The second-order valence-electron chi connectivity index (χ2n) is 8.87. The van der Waals surface area contributed by atoms with Gasteiger partial charge in [0.1, 0.15) is 5.84 Å². The molecule has 4 rings (SSSR count). The van der Waals surface area contributed by atoms with E-state index >= 15 is 0 Å². The molecule has 9 heteroatoms. The summed E-state index contributed by atoms with van der Waals surface area (Å²) in [6.07, 6.45) is 3.63. The molecule has 1 amide bonds. The first kappa shape index (κ1) is 24.2. The van der Waals surface area contributed by atoms with E-state index in [1.165, 1.54) is 23.4 Å². The predicted octanol–water partition coefficient (Wildman–Crippen LogP) is 3.01. The van der Waals surface area contributed by atoms with Gasteiger partial charge in [-0.25, -0.2) is 8.42 Å². The van der Waals surface area contributed by atoms with Crippen LogP contribution in [0, 0.1) is 6.92 Å². The fourth-order valence-corrected chi connectivity index (χ4v) is 5.45. The Labute approximate surface area is 202 Å². The monoisotopic (exact) mass is 483 g/mol. The summed E-state index contributed by atoms with van der Waals surface area (Å²) >= 11 is 0. The Bertz CT molecular complexity index is 1120. The van der Waals surface area contributed by atoms with Crippen LogP contribution in [0.1, 0.15) is 31.2 Å². The summed E-state index contributed by atoms with van der Waals surface area (Å²) < 4.78 is 27.9. The first-order chi connectivity index (χ1) is 16.4. The zero-order valence-electron chi connectivity index (χ0n) is 19.7. The minimum Gasteiger partial charge on any atom is -0.369 e. The number of para-hydroxylation sites is 1. The highest BCUT2D eigenvalue weighted by Crippen LogP contribution is 2.21. The molecule has 2 aromatic carbocycles. The zero-order chi connectivity index (χ0) is 24.0. The predicted molar refractivity (Wildman–Crippen MR) is 136 cm³/mol. The quantitative estimate of drug-likeness (QED) is 0.659. The van der Waals surface area contributed by atoms with Gasteiger partial charge in [0, 0.05) is 50.5 Å². The van der Waals surface area contributed by atoms with Gasteiger partial charge in [-0.2, -0.15) is 0 Å². The number of carbonyl (C=O) groups is 1. The van der Waals surface area contributed by atoms with E-state index < -0.39 is 10.0 Å². The maximum atomic E-state index is 12.7. The molecule has 0 radical (unpaired) electrons. The summed E-state index contributed by atoms with van der Waals surface area (Å²) in [7, 11) is -3.68. The average Bonchev–Trinajstić information content (AvgIpc) is 3.08. The van der Waals surface area contributed by atoms with Crippen LogP contribution in [0.3, 0.4) is 0 Å². The molecule has 0 saturated carbocycles. The number of rotatable bonds is 6. The van der Waals surface area contributed by atoms with E-state index in [2.05, 4.69) is 50.0 Å². The van der Waals surface area contributed by atoms with Gasteiger partial charge in [0.2, 0.25) is 5.91 Å². The van der Waals surface area contributed by atoms with E-state index in [0.717, 1.165) is 45.4 Å². The molecule has 0 aromatic heterocycles. The largest absolute Gasteiger partial charge is 0.369 e. The summed E-state index contributed by atoms with van der Waals surface area (Å²) in [4.78, 5) is 21.5. The van der Waals surface area contributed by atoms with Crippen LogP contribution in [0.4, 0.5) is 11.4 Å². The maximum Gasteiger partial charge on any atom is 0.262 e. The van der Waals surface area contributed by atoms with Gasteiger partial charge in [-0.05, 0) is 55.7 Å². The van der Waals surface area contributed by atoms with Crippen molar-refractivity contribution in [1.82, 2.24) is 9.62 Å². The Kier molecular flexibility index (Phi) is 7.84.